The number of halogens is 1. The van der Waals surface area contributed by atoms with Crippen LogP contribution in [-0.2, 0) is 4.79 Å². The molecule has 24 heavy (non-hydrogen) atoms. The Labute approximate surface area is 154 Å². The molecule has 0 aliphatic heterocycles. The van der Waals surface area contributed by atoms with E-state index in [1.165, 1.54) is 0 Å². The molecule has 1 aromatic carbocycles. The van der Waals surface area contributed by atoms with Crippen molar-refractivity contribution >= 4 is 40.1 Å². The number of thioether (sulfide) groups is 1. The number of rotatable bonds is 7. The first-order valence-electron chi connectivity index (χ1n) is 7.88. The maximum absolute atomic E-state index is 12.7. The van der Waals surface area contributed by atoms with Crippen LogP contribution in [0, 0.1) is 0 Å². The number of hydrogen-bond acceptors (Lipinski definition) is 4. The van der Waals surface area contributed by atoms with Crippen LogP contribution in [0.15, 0.2) is 40.5 Å². The van der Waals surface area contributed by atoms with Crippen molar-refractivity contribution in [2.45, 2.75) is 38.2 Å². The summed E-state index contributed by atoms with van der Waals surface area (Å²) in [4.78, 5) is 16.7. The number of carbonyl (C=O) groups is 1. The molecule has 1 amide bonds. The second-order valence-corrected chi connectivity index (χ2v) is 7.91. The van der Waals surface area contributed by atoms with Crippen molar-refractivity contribution in [3.63, 3.8) is 0 Å². The van der Waals surface area contributed by atoms with E-state index in [1.807, 2.05) is 36.0 Å². The second kappa shape index (κ2) is 9.74. The molecule has 0 aliphatic carbocycles. The van der Waals surface area contributed by atoms with E-state index in [0.717, 1.165) is 11.3 Å². The number of aliphatic imine (C=N–C) groups is 1. The molecule has 132 valence electrons. The molecule has 1 aromatic rings. The third kappa shape index (κ3) is 5.56. The van der Waals surface area contributed by atoms with Gasteiger partial charge in [0.15, 0.2) is 0 Å². The van der Waals surface area contributed by atoms with Crippen molar-refractivity contribution in [2.24, 2.45) is 4.99 Å². The largest absolute Gasteiger partial charge is 0.391 e. The minimum absolute atomic E-state index is 0.182. The van der Waals surface area contributed by atoms with E-state index in [2.05, 4.69) is 36.4 Å². The number of para-hydroxylation sites is 1. The zero-order valence-corrected chi connectivity index (χ0v) is 16.7. The van der Waals surface area contributed by atoms with Crippen molar-refractivity contribution in [1.29, 1.82) is 0 Å². The summed E-state index contributed by atoms with van der Waals surface area (Å²) >= 11 is 7.98. The van der Waals surface area contributed by atoms with Crippen molar-refractivity contribution < 1.29 is 4.79 Å². The maximum Gasteiger partial charge on any atom is 0.260 e. The molecule has 4 nitrogen and oxygen atoms in total. The van der Waals surface area contributed by atoms with Gasteiger partial charge >= 0.3 is 0 Å². The first-order valence-corrected chi connectivity index (χ1v) is 9.20. The number of nitrogens with zero attached hydrogens (tertiary/aromatic N) is 1. The fourth-order valence-electron chi connectivity index (χ4n) is 2.29. The lowest BCUT2D eigenvalue weighted by Crippen LogP contribution is -2.23. The monoisotopic (exact) mass is 367 g/mol. The lowest BCUT2D eigenvalue weighted by atomic mass is 10.1. The van der Waals surface area contributed by atoms with Gasteiger partial charge in [-0.05, 0) is 30.7 Å². The number of allylic oxidation sites excluding steroid dienone is 1. The molecular weight excluding hydrogens is 342 g/mol. The van der Waals surface area contributed by atoms with E-state index in [-0.39, 0.29) is 16.3 Å². The van der Waals surface area contributed by atoms with Gasteiger partial charge < -0.3 is 10.6 Å². The molecule has 1 unspecified atom stereocenters. The molecule has 0 aliphatic rings. The number of nitrogens with one attached hydrogen (secondary N) is 2. The molecule has 1 atom stereocenters. The lowest BCUT2D eigenvalue weighted by molar-refractivity contribution is -0.112. The molecular formula is C18H26ClN3OS. The van der Waals surface area contributed by atoms with E-state index in [1.54, 1.807) is 21.0 Å². The van der Waals surface area contributed by atoms with Gasteiger partial charge in [-0.15, -0.1) is 0 Å². The Morgan fingerprint density at radius 3 is 2.42 bits per heavy atom. The van der Waals surface area contributed by atoms with E-state index >= 15 is 0 Å². The zero-order chi connectivity index (χ0) is 18.3. The molecule has 1 rings (SSSR count). The van der Waals surface area contributed by atoms with Gasteiger partial charge in [-0.2, -0.15) is 11.8 Å². The topological polar surface area (TPSA) is 53.5 Å². The Hall–Kier alpha value is -1.46. The minimum Gasteiger partial charge on any atom is -0.391 e. The van der Waals surface area contributed by atoms with Crippen molar-refractivity contribution in [3.05, 3.63) is 41.1 Å². The summed E-state index contributed by atoms with van der Waals surface area (Å²) in [6.45, 7) is 8.27. The fourth-order valence-corrected chi connectivity index (χ4v) is 3.68. The highest BCUT2D eigenvalue weighted by Gasteiger charge is 2.20. The van der Waals surface area contributed by atoms with Crippen molar-refractivity contribution in [1.82, 2.24) is 5.32 Å². The molecule has 0 heterocycles. The number of carbonyl (C=O) groups excluding carboxylic acids is 1. The Morgan fingerprint density at radius 2 is 1.88 bits per heavy atom. The molecule has 0 saturated carbocycles. The molecule has 2 N–H and O–H groups in total. The van der Waals surface area contributed by atoms with Crippen LogP contribution in [0.25, 0.3) is 0 Å². The smallest absolute Gasteiger partial charge is 0.260 e. The number of benzene rings is 1. The van der Waals surface area contributed by atoms with Crippen LogP contribution < -0.4 is 10.6 Å². The Balaban J connectivity index is 3.15. The summed E-state index contributed by atoms with van der Waals surface area (Å²) < 4.78 is 0. The van der Waals surface area contributed by atoms with Crippen LogP contribution in [0.4, 0.5) is 5.69 Å². The van der Waals surface area contributed by atoms with Crippen LogP contribution in [-0.4, -0.2) is 30.4 Å². The van der Waals surface area contributed by atoms with E-state index in [9.17, 15) is 4.79 Å². The van der Waals surface area contributed by atoms with Gasteiger partial charge in [0.1, 0.15) is 5.17 Å². The normalized spacial score (nSPS) is 14.2. The van der Waals surface area contributed by atoms with E-state index in [0.29, 0.717) is 16.5 Å². The van der Waals surface area contributed by atoms with Gasteiger partial charge in [0, 0.05) is 30.7 Å². The van der Waals surface area contributed by atoms with Crippen LogP contribution >= 0.6 is 23.4 Å². The van der Waals surface area contributed by atoms with Crippen LogP contribution in [0.5, 0.6) is 0 Å². The summed E-state index contributed by atoms with van der Waals surface area (Å²) in [5, 5.41) is 6.90. The van der Waals surface area contributed by atoms with Crippen molar-refractivity contribution in [3.8, 4) is 0 Å². The predicted octanol–water partition coefficient (Wildman–Crippen LogP) is 4.59. The Morgan fingerprint density at radius 1 is 1.25 bits per heavy atom. The van der Waals surface area contributed by atoms with E-state index in [4.69, 9.17) is 11.6 Å². The zero-order valence-electron chi connectivity index (χ0n) is 15.1. The predicted molar refractivity (Wildman–Crippen MR) is 107 cm³/mol. The SMILES string of the molecule is CN=C(Cl)C(C(=O)Nc1ccccc1C(C)SC(C)C)=C(C)NC. The highest BCUT2D eigenvalue weighted by atomic mass is 35.5. The van der Waals surface area contributed by atoms with Gasteiger partial charge in [0.05, 0.1) is 5.57 Å². The molecule has 0 aromatic heterocycles. The van der Waals surface area contributed by atoms with Gasteiger partial charge in [-0.1, -0.05) is 43.6 Å². The third-order valence-electron chi connectivity index (χ3n) is 3.50. The minimum atomic E-state index is -0.272. The Kier molecular flexibility index (Phi) is 8.36. The maximum atomic E-state index is 12.7. The number of hydrogen-bond donors (Lipinski definition) is 2. The molecule has 0 spiro atoms. The fraction of sp³-hybridized carbons (Fsp3) is 0.444. The molecule has 6 heteroatoms. The van der Waals surface area contributed by atoms with Crippen LogP contribution in [0.2, 0.25) is 0 Å². The standard InChI is InChI=1S/C18H26ClN3OS/c1-11(2)24-13(4)14-9-7-8-10-15(14)22-18(23)16(12(3)20-5)17(19)21-6/h7-11,13,20H,1-6H3,(H,22,23). The lowest BCUT2D eigenvalue weighted by Gasteiger charge is -2.19. The number of anilines is 1. The summed E-state index contributed by atoms with van der Waals surface area (Å²) in [5.74, 6) is -0.272. The molecule has 0 fully saturated rings. The average molecular weight is 368 g/mol. The second-order valence-electron chi connectivity index (χ2n) is 5.63. The van der Waals surface area contributed by atoms with Crippen molar-refractivity contribution in [2.75, 3.05) is 19.4 Å². The average Bonchev–Trinajstić information content (AvgIpc) is 2.54. The molecule has 0 saturated heterocycles. The quantitative estimate of drug-likeness (QED) is 0.547. The van der Waals surface area contributed by atoms with E-state index < -0.39 is 0 Å². The van der Waals surface area contributed by atoms with Gasteiger partial charge in [-0.25, -0.2) is 0 Å². The first-order chi connectivity index (χ1) is 11.3. The first kappa shape index (κ1) is 20.6. The highest BCUT2D eigenvalue weighted by molar-refractivity contribution is 8.00. The molecule has 0 radical (unpaired) electrons. The summed E-state index contributed by atoms with van der Waals surface area (Å²) in [6, 6.07) is 7.85. The summed E-state index contributed by atoms with van der Waals surface area (Å²) in [5.41, 5.74) is 2.91. The third-order valence-corrected chi connectivity index (χ3v) is 5.07. The van der Waals surface area contributed by atoms with Crippen LogP contribution in [0.1, 0.15) is 38.5 Å². The van der Waals surface area contributed by atoms with Gasteiger partial charge in [-0.3, -0.25) is 9.79 Å². The van der Waals surface area contributed by atoms with Gasteiger partial charge in [0.25, 0.3) is 5.91 Å². The highest BCUT2D eigenvalue weighted by Crippen LogP contribution is 2.35. The summed E-state index contributed by atoms with van der Waals surface area (Å²) in [7, 11) is 3.31. The summed E-state index contributed by atoms with van der Waals surface area (Å²) in [6.07, 6.45) is 0. The molecule has 0 bridgehead atoms. The Bertz CT molecular complexity index is 641. The van der Waals surface area contributed by atoms with Crippen LogP contribution in [0.3, 0.4) is 0 Å². The van der Waals surface area contributed by atoms with Gasteiger partial charge in [0.2, 0.25) is 0 Å². The number of amides is 1.